The maximum atomic E-state index is 13.7. The molecule has 0 amide bonds. The van der Waals surface area contributed by atoms with Crippen LogP contribution in [0.4, 0.5) is 4.39 Å². The van der Waals surface area contributed by atoms with Crippen molar-refractivity contribution in [2.24, 2.45) is 5.92 Å². The van der Waals surface area contributed by atoms with Crippen molar-refractivity contribution in [3.8, 4) is 0 Å². The van der Waals surface area contributed by atoms with Crippen molar-refractivity contribution in [2.45, 2.75) is 26.3 Å². The van der Waals surface area contributed by atoms with E-state index in [4.69, 9.17) is 5.11 Å². The minimum atomic E-state index is -0.706. The second kappa shape index (κ2) is 5.44. The molecule has 5 nitrogen and oxygen atoms in total. The van der Waals surface area contributed by atoms with Crippen LogP contribution < -0.4 is 0 Å². The number of fused-ring (bicyclic) bond motifs is 1. The molecule has 0 aliphatic carbocycles. The number of nitrogens with zero attached hydrogens (tertiary/aromatic N) is 3. The molecule has 0 aromatic carbocycles. The summed E-state index contributed by atoms with van der Waals surface area (Å²) in [6.07, 6.45) is 3.15. The molecule has 1 saturated heterocycles. The van der Waals surface area contributed by atoms with E-state index >= 15 is 0 Å². The van der Waals surface area contributed by atoms with Gasteiger partial charge < -0.3 is 9.51 Å². The predicted molar refractivity (Wildman–Crippen MR) is 75.5 cm³/mol. The highest BCUT2D eigenvalue weighted by molar-refractivity contribution is 5.70. The van der Waals surface area contributed by atoms with Gasteiger partial charge in [0, 0.05) is 12.7 Å². The summed E-state index contributed by atoms with van der Waals surface area (Å²) in [6.45, 7) is 4.05. The summed E-state index contributed by atoms with van der Waals surface area (Å²) < 4.78 is 15.5. The third kappa shape index (κ3) is 2.63. The highest BCUT2D eigenvalue weighted by Crippen LogP contribution is 2.21. The normalized spacial score (nSPS) is 17.4. The summed E-state index contributed by atoms with van der Waals surface area (Å²) in [7, 11) is 0. The average molecular weight is 291 g/mol. The first kappa shape index (κ1) is 14.0. The summed E-state index contributed by atoms with van der Waals surface area (Å²) in [4.78, 5) is 17.5. The highest BCUT2D eigenvalue weighted by atomic mass is 19.1. The Labute approximate surface area is 122 Å². The molecule has 3 rings (SSSR count). The zero-order valence-electron chi connectivity index (χ0n) is 11.9. The van der Waals surface area contributed by atoms with Gasteiger partial charge in [0.05, 0.1) is 17.3 Å². The summed E-state index contributed by atoms with van der Waals surface area (Å²) in [5.41, 5.74) is 2.14. The van der Waals surface area contributed by atoms with Gasteiger partial charge in [-0.15, -0.1) is 0 Å². The molecule has 0 bridgehead atoms. The lowest BCUT2D eigenvalue weighted by Gasteiger charge is -2.29. The van der Waals surface area contributed by atoms with Crippen LogP contribution in [-0.4, -0.2) is 38.4 Å². The molecule has 3 heterocycles. The van der Waals surface area contributed by atoms with Gasteiger partial charge in [-0.1, -0.05) is 0 Å². The van der Waals surface area contributed by atoms with E-state index in [9.17, 15) is 9.18 Å². The number of carboxylic acid groups (broad SMARTS) is 1. The Morgan fingerprint density at radius 1 is 1.48 bits per heavy atom. The fraction of sp³-hybridized carbons (Fsp3) is 0.467. The maximum Gasteiger partial charge on any atom is 0.306 e. The monoisotopic (exact) mass is 291 g/mol. The second-order valence-electron chi connectivity index (χ2n) is 5.58. The SMILES string of the molecule is Cc1nc2c(F)cccn2c1CN1CCC(C(=O)O)CC1. The van der Waals surface area contributed by atoms with Crippen molar-refractivity contribution in [3.63, 3.8) is 0 Å². The Morgan fingerprint density at radius 2 is 2.19 bits per heavy atom. The fourth-order valence-corrected chi connectivity index (χ4v) is 2.94. The number of imidazole rings is 1. The lowest BCUT2D eigenvalue weighted by molar-refractivity contribution is -0.143. The van der Waals surface area contributed by atoms with Crippen LogP contribution in [0.2, 0.25) is 0 Å². The number of piperidine rings is 1. The number of carbonyl (C=O) groups is 1. The number of hydrogen-bond acceptors (Lipinski definition) is 3. The second-order valence-corrected chi connectivity index (χ2v) is 5.58. The van der Waals surface area contributed by atoms with Crippen molar-refractivity contribution >= 4 is 11.6 Å². The van der Waals surface area contributed by atoms with Crippen LogP contribution in [0, 0.1) is 18.7 Å². The van der Waals surface area contributed by atoms with E-state index in [0.717, 1.165) is 24.5 Å². The molecule has 21 heavy (non-hydrogen) atoms. The van der Waals surface area contributed by atoms with Gasteiger partial charge in [0.15, 0.2) is 11.5 Å². The molecule has 1 aliphatic rings. The Bertz CT molecular complexity index is 675. The number of carboxylic acids is 1. The summed E-state index contributed by atoms with van der Waals surface area (Å²) in [5.74, 6) is -1.26. The van der Waals surface area contributed by atoms with E-state index in [0.29, 0.717) is 25.0 Å². The lowest BCUT2D eigenvalue weighted by atomic mass is 9.97. The third-order valence-corrected chi connectivity index (χ3v) is 4.21. The van der Waals surface area contributed by atoms with Crippen molar-refractivity contribution in [1.29, 1.82) is 0 Å². The molecule has 0 saturated carbocycles. The molecule has 0 unspecified atom stereocenters. The first-order chi connectivity index (χ1) is 10.1. The molecule has 1 fully saturated rings. The molecular weight excluding hydrogens is 273 g/mol. The Balaban J connectivity index is 1.79. The predicted octanol–water partition coefficient (Wildman–Crippen LogP) is 2.08. The number of rotatable bonds is 3. The standard InChI is InChI=1S/C15H18FN3O2/c1-10-13(19-6-2-3-12(16)14(19)17-10)9-18-7-4-11(5-8-18)15(20)21/h2-3,6,11H,4-5,7-9H2,1H3,(H,20,21). The molecule has 2 aromatic rings. The van der Waals surface area contributed by atoms with E-state index in [1.807, 2.05) is 13.1 Å². The van der Waals surface area contributed by atoms with Crippen LogP contribution in [0.5, 0.6) is 0 Å². The Morgan fingerprint density at radius 3 is 2.86 bits per heavy atom. The van der Waals surface area contributed by atoms with E-state index < -0.39 is 5.97 Å². The van der Waals surface area contributed by atoms with Crippen LogP contribution in [-0.2, 0) is 11.3 Å². The molecule has 1 N–H and O–H groups in total. The number of hydrogen-bond donors (Lipinski definition) is 1. The lowest BCUT2D eigenvalue weighted by Crippen LogP contribution is -2.36. The molecule has 1 aliphatic heterocycles. The average Bonchev–Trinajstić information content (AvgIpc) is 2.78. The van der Waals surface area contributed by atoms with Crippen LogP contribution in [0.25, 0.3) is 5.65 Å². The van der Waals surface area contributed by atoms with Gasteiger partial charge >= 0.3 is 5.97 Å². The largest absolute Gasteiger partial charge is 0.481 e. The minimum Gasteiger partial charge on any atom is -0.481 e. The first-order valence-corrected chi connectivity index (χ1v) is 7.13. The van der Waals surface area contributed by atoms with Gasteiger partial charge in [-0.2, -0.15) is 0 Å². The first-order valence-electron chi connectivity index (χ1n) is 7.13. The van der Waals surface area contributed by atoms with Gasteiger partial charge in [-0.3, -0.25) is 9.69 Å². The molecule has 2 aromatic heterocycles. The summed E-state index contributed by atoms with van der Waals surface area (Å²) >= 11 is 0. The zero-order valence-corrected chi connectivity index (χ0v) is 11.9. The Hall–Kier alpha value is -1.95. The van der Waals surface area contributed by atoms with Crippen LogP contribution >= 0.6 is 0 Å². The topological polar surface area (TPSA) is 57.8 Å². The number of aryl methyl sites for hydroxylation is 1. The quantitative estimate of drug-likeness (QED) is 0.940. The summed E-state index contributed by atoms with van der Waals surface area (Å²) in [6, 6.07) is 3.08. The van der Waals surface area contributed by atoms with E-state index in [1.165, 1.54) is 6.07 Å². The van der Waals surface area contributed by atoms with Crippen molar-refractivity contribution in [3.05, 3.63) is 35.5 Å². The van der Waals surface area contributed by atoms with Gasteiger partial charge in [0.1, 0.15) is 0 Å². The Kier molecular flexibility index (Phi) is 3.63. The van der Waals surface area contributed by atoms with Crippen molar-refractivity contribution in [2.75, 3.05) is 13.1 Å². The van der Waals surface area contributed by atoms with E-state index in [1.54, 1.807) is 10.5 Å². The fourth-order valence-electron chi connectivity index (χ4n) is 2.94. The number of likely N-dealkylation sites (tertiary alicyclic amines) is 1. The molecule has 112 valence electrons. The summed E-state index contributed by atoms with van der Waals surface area (Å²) in [5, 5.41) is 9.02. The number of halogens is 1. The molecule has 6 heteroatoms. The highest BCUT2D eigenvalue weighted by Gasteiger charge is 2.25. The number of aromatic nitrogens is 2. The molecule has 0 radical (unpaired) electrons. The smallest absolute Gasteiger partial charge is 0.306 e. The maximum absolute atomic E-state index is 13.7. The van der Waals surface area contributed by atoms with E-state index in [2.05, 4.69) is 9.88 Å². The zero-order chi connectivity index (χ0) is 15.0. The number of pyridine rings is 1. The number of aliphatic carboxylic acids is 1. The van der Waals surface area contributed by atoms with Gasteiger partial charge in [-0.25, -0.2) is 9.37 Å². The molecular formula is C15H18FN3O2. The minimum absolute atomic E-state index is 0.234. The van der Waals surface area contributed by atoms with Crippen molar-refractivity contribution < 1.29 is 14.3 Å². The van der Waals surface area contributed by atoms with Gasteiger partial charge in [-0.05, 0) is 45.0 Å². The third-order valence-electron chi connectivity index (χ3n) is 4.21. The molecule has 0 atom stereocenters. The van der Waals surface area contributed by atoms with Crippen LogP contribution in [0.15, 0.2) is 18.3 Å². The van der Waals surface area contributed by atoms with Crippen LogP contribution in [0.3, 0.4) is 0 Å². The van der Waals surface area contributed by atoms with Crippen LogP contribution in [0.1, 0.15) is 24.2 Å². The van der Waals surface area contributed by atoms with E-state index in [-0.39, 0.29) is 11.7 Å². The van der Waals surface area contributed by atoms with Gasteiger partial charge in [0.25, 0.3) is 0 Å². The van der Waals surface area contributed by atoms with Gasteiger partial charge in [0.2, 0.25) is 0 Å². The molecule has 0 spiro atoms. The van der Waals surface area contributed by atoms with Crippen molar-refractivity contribution in [1.82, 2.24) is 14.3 Å².